The molecular formula is C13H16N4OS. The number of benzene rings is 1. The molecule has 0 aliphatic carbocycles. The molecule has 0 saturated carbocycles. The molecule has 2 rings (SSSR count). The van der Waals surface area contributed by atoms with Crippen LogP contribution in [0.15, 0.2) is 29.4 Å². The summed E-state index contributed by atoms with van der Waals surface area (Å²) in [6.45, 7) is 1.87. The molecule has 1 N–H and O–H groups in total. The van der Waals surface area contributed by atoms with Gasteiger partial charge in [-0.15, -0.1) is 5.10 Å². The van der Waals surface area contributed by atoms with Crippen LogP contribution in [0.1, 0.15) is 21.7 Å². The van der Waals surface area contributed by atoms with E-state index in [0.29, 0.717) is 5.56 Å². The number of carbonyl (C=O) groups excluding carboxylic acids is 1. The second-order valence-corrected chi connectivity index (χ2v) is 5.33. The Morgan fingerprint density at radius 2 is 2.21 bits per heavy atom. The highest BCUT2D eigenvalue weighted by atomic mass is 32.2. The second-order valence-electron chi connectivity index (χ2n) is 4.39. The second kappa shape index (κ2) is 5.88. The Morgan fingerprint density at radius 3 is 2.84 bits per heavy atom. The predicted molar refractivity (Wildman–Crippen MR) is 75.1 cm³/mol. The molecular weight excluding hydrogens is 260 g/mol. The van der Waals surface area contributed by atoms with Gasteiger partial charge in [0.2, 0.25) is 5.16 Å². The highest BCUT2D eigenvalue weighted by Gasteiger charge is 2.08. The van der Waals surface area contributed by atoms with E-state index in [1.54, 1.807) is 30.8 Å². The molecule has 1 amide bonds. The summed E-state index contributed by atoms with van der Waals surface area (Å²) in [5.41, 5.74) is 1.79. The lowest BCUT2D eigenvalue weighted by atomic mass is 10.1. The first-order valence-corrected chi connectivity index (χ1v) is 6.87. The minimum Gasteiger partial charge on any atom is -0.345 e. The first-order valence-electron chi connectivity index (χ1n) is 5.88. The molecule has 0 bridgehead atoms. The van der Waals surface area contributed by atoms with Crippen LogP contribution in [-0.2, 0) is 5.75 Å². The van der Waals surface area contributed by atoms with Crippen LogP contribution in [0.3, 0.4) is 0 Å². The van der Waals surface area contributed by atoms with E-state index in [0.717, 1.165) is 22.3 Å². The summed E-state index contributed by atoms with van der Waals surface area (Å²) in [5.74, 6) is 1.56. The smallest absolute Gasteiger partial charge is 0.253 e. The Morgan fingerprint density at radius 1 is 1.42 bits per heavy atom. The highest BCUT2D eigenvalue weighted by molar-refractivity contribution is 7.98. The molecule has 1 heterocycles. The van der Waals surface area contributed by atoms with E-state index >= 15 is 0 Å². The highest BCUT2D eigenvalue weighted by Crippen LogP contribution is 2.19. The lowest BCUT2D eigenvalue weighted by Gasteiger charge is -2.10. The number of H-pyrrole nitrogens is 1. The number of thioether (sulfide) groups is 1. The molecule has 19 heavy (non-hydrogen) atoms. The van der Waals surface area contributed by atoms with Crippen molar-refractivity contribution in [2.45, 2.75) is 17.8 Å². The number of amides is 1. The SMILES string of the molecule is Cc1nc(SCc2cccc(C(=O)N(C)C)c2)n[nH]1. The van der Waals surface area contributed by atoms with Crippen LogP contribution < -0.4 is 0 Å². The lowest BCUT2D eigenvalue weighted by Crippen LogP contribution is -2.21. The first kappa shape index (κ1) is 13.6. The molecule has 0 aliphatic rings. The van der Waals surface area contributed by atoms with E-state index in [1.165, 1.54) is 0 Å². The van der Waals surface area contributed by atoms with Crippen LogP contribution in [0.5, 0.6) is 0 Å². The van der Waals surface area contributed by atoms with E-state index < -0.39 is 0 Å². The number of aromatic amines is 1. The molecule has 0 aliphatic heterocycles. The first-order chi connectivity index (χ1) is 9.06. The maximum atomic E-state index is 11.9. The summed E-state index contributed by atoms with van der Waals surface area (Å²) in [6, 6.07) is 7.64. The summed E-state index contributed by atoms with van der Waals surface area (Å²) >= 11 is 1.54. The zero-order valence-electron chi connectivity index (χ0n) is 11.2. The van der Waals surface area contributed by atoms with Gasteiger partial charge in [-0.2, -0.15) is 0 Å². The monoisotopic (exact) mass is 276 g/mol. The van der Waals surface area contributed by atoms with Gasteiger partial charge in [0.15, 0.2) is 0 Å². The van der Waals surface area contributed by atoms with Crippen molar-refractivity contribution in [3.05, 3.63) is 41.2 Å². The molecule has 1 aromatic heterocycles. The number of hydrogen-bond acceptors (Lipinski definition) is 4. The molecule has 100 valence electrons. The normalized spacial score (nSPS) is 10.5. The van der Waals surface area contributed by atoms with E-state index in [1.807, 2.05) is 31.2 Å². The topological polar surface area (TPSA) is 61.9 Å². The molecule has 0 spiro atoms. The minimum absolute atomic E-state index is 0.0144. The Balaban J connectivity index is 2.05. The molecule has 0 atom stereocenters. The summed E-state index contributed by atoms with van der Waals surface area (Å²) in [6.07, 6.45) is 0. The van der Waals surface area contributed by atoms with Crippen molar-refractivity contribution in [1.29, 1.82) is 0 Å². The number of hydrogen-bond donors (Lipinski definition) is 1. The zero-order chi connectivity index (χ0) is 13.8. The van der Waals surface area contributed by atoms with Crippen LogP contribution in [0, 0.1) is 6.92 Å². The van der Waals surface area contributed by atoms with Crippen LogP contribution >= 0.6 is 11.8 Å². The van der Waals surface area contributed by atoms with Gasteiger partial charge in [-0.25, -0.2) is 4.98 Å². The van der Waals surface area contributed by atoms with Crippen molar-refractivity contribution in [2.75, 3.05) is 14.1 Å². The van der Waals surface area contributed by atoms with Gasteiger partial charge < -0.3 is 4.90 Å². The quantitative estimate of drug-likeness (QED) is 0.869. The third-order valence-corrected chi connectivity index (χ3v) is 3.44. The maximum Gasteiger partial charge on any atom is 0.253 e. The fraction of sp³-hybridized carbons (Fsp3) is 0.308. The third-order valence-electron chi connectivity index (χ3n) is 2.52. The average Bonchev–Trinajstić information content (AvgIpc) is 2.81. The fourth-order valence-corrected chi connectivity index (χ4v) is 2.37. The van der Waals surface area contributed by atoms with Gasteiger partial charge in [0.25, 0.3) is 5.91 Å². The summed E-state index contributed by atoms with van der Waals surface area (Å²) < 4.78 is 0. The average molecular weight is 276 g/mol. The third kappa shape index (κ3) is 3.57. The fourth-order valence-electron chi connectivity index (χ4n) is 1.59. The van der Waals surface area contributed by atoms with Crippen molar-refractivity contribution in [3.63, 3.8) is 0 Å². The van der Waals surface area contributed by atoms with Gasteiger partial charge in [0.05, 0.1) is 0 Å². The molecule has 2 aromatic rings. The van der Waals surface area contributed by atoms with Gasteiger partial charge in [-0.1, -0.05) is 23.9 Å². The number of nitrogens with zero attached hydrogens (tertiary/aromatic N) is 3. The van der Waals surface area contributed by atoms with Crippen LogP contribution in [0.4, 0.5) is 0 Å². The maximum absolute atomic E-state index is 11.9. The Bertz CT molecular complexity index is 580. The van der Waals surface area contributed by atoms with Gasteiger partial charge in [-0.3, -0.25) is 9.89 Å². The molecule has 0 saturated heterocycles. The Hall–Kier alpha value is -1.82. The molecule has 1 aromatic carbocycles. The number of rotatable bonds is 4. The van der Waals surface area contributed by atoms with E-state index in [-0.39, 0.29) is 5.91 Å². The molecule has 5 nitrogen and oxygen atoms in total. The van der Waals surface area contributed by atoms with E-state index in [2.05, 4.69) is 15.2 Å². The number of aromatic nitrogens is 3. The van der Waals surface area contributed by atoms with Gasteiger partial charge in [0.1, 0.15) is 5.82 Å². The largest absolute Gasteiger partial charge is 0.345 e. The zero-order valence-corrected chi connectivity index (χ0v) is 12.0. The standard InChI is InChI=1S/C13H16N4OS/c1-9-14-13(16-15-9)19-8-10-5-4-6-11(7-10)12(18)17(2)3/h4-7H,8H2,1-3H3,(H,14,15,16). The van der Waals surface area contributed by atoms with Crippen LogP contribution in [-0.4, -0.2) is 40.1 Å². The van der Waals surface area contributed by atoms with E-state index in [4.69, 9.17) is 0 Å². The van der Waals surface area contributed by atoms with Crippen LogP contribution in [0.2, 0.25) is 0 Å². The Kier molecular flexibility index (Phi) is 4.21. The summed E-state index contributed by atoms with van der Waals surface area (Å²) in [7, 11) is 3.50. The van der Waals surface area contributed by atoms with Gasteiger partial charge >= 0.3 is 0 Å². The minimum atomic E-state index is 0.0144. The summed E-state index contributed by atoms with van der Waals surface area (Å²) in [4.78, 5) is 17.7. The van der Waals surface area contributed by atoms with Crippen molar-refractivity contribution in [3.8, 4) is 0 Å². The number of aryl methyl sites for hydroxylation is 1. The molecule has 0 unspecified atom stereocenters. The number of carbonyl (C=O) groups is 1. The predicted octanol–water partition coefficient (Wildman–Crippen LogP) is 2.11. The Labute approximate surface area is 116 Å². The van der Waals surface area contributed by atoms with Gasteiger partial charge in [-0.05, 0) is 24.6 Å². The number of nitrogens with one attached hydrogen (secondary N) is 1. The van der Waals surface area contributed by atoms with Crippen LogP contribution in [0.25, 0.3) is 0 Å². The molecule has 6 heteroatoms. The van der Waals surface area contributed by atoms with Crippen molar-refractivity contribution >= 4 is 17.7 Å². The summed E-state index contributed by atoms with van der Waals surface area (Å²) in [5, 5.41) is 7.60. The van der Waals surface area contributed by atoms with Crippen molar-refractivity contribution in [1.82, 2.24) is 20.1 Å². The van der Waals surface area contributed by atoms with Crippen molar-refractivity contribution in [2.24, 2.45) is 0 Å². The molecule has 0 radical (unpaired) electrons. The lowest BCUT2D eigenvalue weighted by molar-refractivity contribution is 0.0827. The van der Waals surface area contributed by atoms with Gasteiger partial charge in [0, 0.05) is 25.4 Å². The molecule has 0 fully saturated rings. The van der Waals surface area contributed by atoms with E-state index in [9.17, 15) is 4.79 Å². The van der Waals surface area contributed by atoms with Crippen molar-refractivity contribution < 1.29 is 4.79 Å².